The number of aryl methyl sites for hydroxylation is 1. The van der Waals surface area contributed by atoms with Crippen LogP contribution in [0.1, 0.15) is 44.4 Å². The van der Waals surface area contributed by atoms with Crippen molar-refractivity contribution in [2.24, 2.45) is 11.1 Å². The minimum Gasteiger partial charge on any atom is -0.353 e. The monoisotopic (exact) mass is 282 g/mol. The molecule has 0 aliphatic rings. The van der Waals surface area contributed by atoms with Crippen LogP contribution in [-0.2, 0) is 11.2 Å². The second kappa shape index (κ2) is 5.63. The molecule has 1 amide bonds. The molecule has 1 heterocycles. The summed E-state index contributed by atoms with van der Waals surface area (Å²) < 4.78 is 0. The van der Waals surface area contributed by atoms with Gasteiger partial charge in [-0.05, 0) is 53.7 Å². The van der Waals surface area contributed by atoms with Crippen LogP contribution in [0.5, 0.6) is 0 Å². The van der Waals surface area contributed by atoms with E-state index in [-0.39, 0.29) is 11.9 Å². The number of thiophene rings is 1. The van der Waals surface area contributed by atoms with Crippen molar-refractivity contribution in [1.82, 2.24) is 5.32 Å². The Morgan fingerprint density at radius 2 is 1.95 bits per heavy atom. The number of nitrogens with one attached hydrogen (secondary N) is 1. The molecular formula is C15H26N2OS. The number of amides is 1. The summed E-state index contributed by atoms with van der Waals surface area (Å²) in [6.45, 7) is 11.7. The molecule has 0 aliphatic heterocycles. The molecule has 0 aromatic carbocycles. The Kier molecular flexibility index (Phi) is 4.80. The molecule has 0 spiro atoms. The zero-order valence-corrected chi connectivity index (χ0v) is 13.6. The van der Waals surface area contributed by atoms with Crippen LogP contribution in [-0.4, -0.2) is 17.5 Å². The van der Waals surface area contributed by atoms with E-state index < -0.39 is 11.0 Å². The van der Waals surface area contributed by atoms with Gasteiger partial charge in [0.25, 0.3) is 0 Å². The SMILES string of the molecule is Cc1ccc(CC(C)NC(=O)C(C)(C)C(C)(C)N)s1. The first-order valence-electron chi connectivity index (χ1n) is 6.69. The van der Waals surface area contributed by atoms with Crippen molar-refractivity contribution >= 4 is 17.2 Å². The third-order valence-electron chi connectivity index (χ3n) is 3.86. The maximum absolute atomic E-state index is 12.3. The lowest BCUT2D eigenvalue weighted by Gasteiger charge is -2.37. The molecule has 1 unspecified atom stereocenters. The molecule has 0 fully saturated rings. The Hall–Kier alpha value is -0.870. The molecule has 1 aromatic heterocycles. The fourth-order valence-corrected chi connectivity index (χ4v) is 2.66. The summed E-state index contributed by atoms with van der Waals surface area (Å²) in [5.74, 6) is 0.0146. The number of rotatable bonds is 5. The maximum atomic E-state index is 12.3. The lowest BCUT2D eigenvalue weighted by Crippen LogP contribution is -2.56. The second-order valence-corrected chi connectivity index (χ2v) is 7.81. The Balaban J connectivity index is 2.62. The van der Waals surface area contributed by atoms with Gasteiger partial charge in [-0.25, -0.2) is 0 Å². The van der Waals surface area contributed by atoms with Crippen LogP contribution in [0, 0.1) is 12.3 Å². The minimum absolute atomic E-state index is 0.0146. The van der Waals surface area contributed by atoms with Gasteiger partial charge in [-0.2, -0.15) is 0 Å². The van der Waals surface area contributed by atoms with E-state index in [1.165, 1.54) is 9.75 Å². The molecule has 3 N–H and O–H groups in total. The summed E-state index contributed by atoms with van der Waals surface area (Å²) in [4.78, 5) is 14.9. The van der Waals surface area contributed by atoms with Crippen LogP contribution in [0.3, 0.4) is 0 Å². The topological polar surface area (TPSA) is 55.1 Å². The van der Waals surface area contributed by atoms with Gasteiger partial charge in [0.05, 0.1) is 5.41 Å². The van der Waals surface area contributed by atoms with E-state index >= 15 is 0 Å². The first-order valence-corrected chi connectivity index (χ1v) is 7.51. The van der Waals surface area contributed by atoms with Crippen LogP contribution in [0.4, 0.5) is 0 Å². The zero-order chi connectivity index (χ0) is 14.8. The lowest BCUT2D eigenvalue weighted by molar-refractivity contribution is -0.132. The average Bonchev–Trinajstić information content (AvgIpc) is 2.61. The Morgan fingerprint density at radius 3 is 2.37 bits per heavy atom. The van der Waals surface area contributed by atoms with Crippen molar-refractivity contribution in [2.45, 2.75) is 59.5 Å². The lowest BCUT2D eigenvalue weighted by atomic mass is 9.74. The smallest absolute Gasteiger partial charge is 0.227 e. The molecule has 4 heteroatoms. The van der Waals surface area contributed by atoms with Crippen molar-refractivity contribution < 1.29 is 4.79 Å². The van der Waals surface area contributed by atoms with Crippen molar-refractivity contribution in [1.29, 1.82) is 0 Å². The van der Waals surface area contributed by atoms with E-state index in [0.29, 0.717) is 0 Å². The van der Waals surface area contributed by atoms with E-state index in [4.69, 9.17) is 5.73 Å². The number of carbonyl (C=O) groups is 1. The molecule has 108 valence electrons. The number of nitrogens with two attached hydrogens (primary N) is 1. The number of carbonyl (C=O) groups excluding carboxylic acids is 1. The van der Waals surface area contributed by atoms with Gasteiger partial charge in [0.1, 0.15) is 0 Å². The van der Waals surface area contributed by atoms with Crippen molar-refractivity contribution in [2.75, 3.05) is 0 Å². The molecule has 0 radical (unpaired) electrons. The fraction of sp³-hybridized carbons (Fsp3) is 0.667. The standard InChI is InChI=1S/C15H26N2OS/c1-10(9-12-8-7-11(2)19-12)17-13(18)14(3,4)15(5,6)16/h7-8,10H,9,16H2,1-6H3,(H,17,18). The van der Waals surface area contributed by atoms with Gasteiger partial charge in [-0.3, -0.25) is 4.79 Å². The van der Waals surface area contributed by atoms with E-state index in [1.807, 2.05) is 34.6 Å². The van der Waals surface area contributed by atoms with Crippen LogP contribution in [0.15, 0.2) is 12.1 Å². The molecule has 19 heavy (non-hydrogen) atoms. The van der Waals surface area contributed by atoms with Crippen LogP contribution in [0.25, 0.3) is 0 Å². The highest BCUT2D eigenvalue weighted by atomic mass is 32.1. The first-order chi connectivity index (χ1) is 8.54. The Morgan fingerprint density at radius 1 is 1.37 bits per heavy atom. The van der Waals surface area contributed by atoms with Gasteiger partial charge in [-0.15, -0.1) is 11.3 Å². The van der Waals surface area contributed by atoms with E-state index in [0.717, 1.165) is 6.42 Å². The van der Waals surface area contributed by atoms with Crippen LogP contribution in [0.2, 0.25) is 0 Å². The predicted molar refractivity (Wildman–Crippen MR) is 82.4 cm³/mol. The summed E-state index contributed by atoms with van der Waals surface area (Å²) in [5.41, 5.74) is 4.95. The summed E-state index contributed by atoms with van der Waals surface area (Å²) in [7, 11) is 0. The van der Waals surface area contributed by atoms with E-state index in [1.54, 1.807) is 11.3 Å². The molecular weight excluding hydrogens is 256 g/mol. The molecule has 3 nitrogen and oxygen atoms in total. The predicted octanol–water partition coefficient (Wildman–Crippen LogP) is 2.87. The van der Waals surface area contributed by atoms with Gasteiger partial charge in [0.2, 0.25) is 5.91 Å². The van der Waals surface area contributed by atoms with Crippen molar-refractivity contribution in [3.05, 3.63) is 21.9 Å². The molecule has 1 rings (SSSR count). The fourth-order valence-electron chi connectivity index (χ4n) is 1.64. The number of hydrogen-bond acceptors (Lipinski definition) is 3. The Labute approximate surface area is 120 Å². The van der Waals surface area contributed by atoms with E-state index in [9.17, 15) is 4.79 Å². The quantitative estimate of drug-likeness (QED) is 0.872. The van der Waals surface area contributed by atoms with Gasteiger partial charge in [-0.1, -0.05) is 0 Å². The van der Waals surface area contributed by atoms with Crippen LogP contribution >= 0.6 is 11.3 Å². The van der Waals surface area contributed by atoms with Gasteiger partial charge in [0.15, 0.2) is 0 Å². The van der Waals surface area contributed by atoms with Gasteiger partial charge < -0.3 is 11.1 Å². The number of hydrogen-bond donors (Lipinski definition) is 2. The highest BCUT2D eigenvalue weighted by molar-refractivity contribution is 7.11. The average molecular weight is 282 g/mol. The minimum atomic E-state index is -0.591. The second-order valence-electron chi connectivity index (χ2n) is 6.44. The summed E-state index contributed by atoms with van der Waals surface area (Å²) >= 11 is 1.78. The Bertz CT molecular complexity index is 443. The molecule has 0 aliphatic carbocycles. The molecule has 0 bridgehead atoms. The first kappa shape index (κ1) is 16.2. The third-order valence-corrected chi connectivity index (χ3v) is 4.88. The van der Waals surface area contributed by atoms with Gasteiger partial charge >= 0.3 is 0 Å². The summed E-state index contributed by atoms with van der Waals surface area (Å²) in [5, 5.41) is 3.07. The normalized spacial score (nSPS) is 14.3. The zero-order valence-electron chi connectivity index (χ0n) is 12.8. The maximum Gasteiger partial charge on any atom is 0.227 e. The van der Waals surface area contributed by atoms with Crippen LogP contribution < -0.4 is 11.1 Å². The highest BCUT2D eigenvalue weighted by Crippen LogP contribution is 2.28. The third kappa shape index (κ3) is 4.05. The van der Waals surface area contributed by atoms with E-state index in [2.05, 4.69) is 24.4 Å². The highest BCUT2D eigenvalue weighted by Gasteiger charge is 2.40. The molecule has 1 atom stereocenters. The van der Waals surface area contributed by atoms with Gasteiger partial charge in [0, 0.05) is 27.8 Å². The summed E-state index contributed by atoms with van der Waals surface area (Å²) in [6.07, 6.45) is 0.866. The van der Waals surface area contributed by atoms with Crippen molar-refractivity contribution in [3.63, 3.8) is 0 Å². The summed E-state index contributed by atoms with van der Waals surface area (Å²) in [6, 6.07) is 4.36. The molecule has 0 saturated heterocycles. The molecule has 0 saturated carbocycles. The molecule has 1 aromatic rings. The largest absolute Gasteiger partial charge is 0.353 e. The van der Waals surface area contributed by atoms with Crippen molar-refractivity contribution in [3.8, 4) is 0 Å².